The summed E-state index contributed by atoms with van der Waals surface area (Å²) in [5.74, 6) is 0. The maximum Gasteiger partial charge on any atom is 0.120 e. The molecule has 0 saturated heterocycles. The number of hydrogen-bond acceptors (Lipinski definition) is 3. The van der Waals surface area contributed by atoms with E-state index in [0.29, 0.717) is 0 Å². The fraction of sp³-hybridized carbons (Fsp3) is 0.171. The Balaban J connectivity index is 0.000000209. The maximum atomic E-state index is 6.19. The van der Waals surface area contributed by atoms with Crippen LogP contribution in [0.4, 0.5) is 0 Å². The van der Waals surface area contributed by atoms with Crippen LogP contribution in [0.5, 0.6) is 0 Å². The fourth-order valence-corrected chi connectivity index (χ4v) is 6.56. The molecule has 3 nitrogen and oxygen atoms in total. The standard InChI is InChI=1S/C27H22NO.C14H16NSi.Ir/c1-18-11-13-19(14-12-18)27(2,3)20-15-16-28-24(17-20)23-9-6-8-22-21-7-4-5-10-25(21)29-26(22)23;1-16(2,3)13-9-10-14(15-11-13)12-7-5-4-6-8-12;/h4-8,10-17H,1-3H3;4-7,9-11H,1-3H3;/q2*-1;. The number of rotatable bonds is 5. The van der Waals surface area contributed by atoms with Crippen molar-refractivity contribution in [3.05, 3.63) is 150 Å². The molecule has 0 spiro atoms. The molecule has 233 valence electrons. The molecule has 0 fully saturated rings. The quantitative estimate of drug-likeness (QED) is 0.129. The van der Waals surface area contributed by atoms with E-state index >= 15 is 0 Å². The third-order valence-electron chi connectivity index (χ3n) is 8.46. The first kappa shape index (κ1) is 33.2. The molecule has 7 aromatic rings. The minimum absolute atomic E-state index is 0. The Kier molecular flexibility index (Phi) is 9.88. The summed E-state index contributed by atoms with van der Waals surface area (Å²) >= 11 is 0. The van der Waals surface area contributed by atoms with Gasteiger partial charge in [0.05, 0.1) is 13.7 Å². The molecular weight excluding hydrogens is 757 g/mol. The fourth-order valence-electron chi connectivity index (χ4n) is 5.52. The second kappa shape index (κ2) is 13.7. The minimum Gasteiger partial charge on any atom is -0.501 e. The molecule has 3 aromatic heterocycles. The van der Waals surface area contributed by atoms with Gasteiger partial charge in [-0.2, -0.15) is 0 Å². The minimum atomic E-state index is -1.23. The van der Waals surface area contributed by atoms with Gasteiger partial charge in [0.25, 0.3) is 0 Å². The van der Waals surface area contributed by atoms with Crippen LogP contribution in [0.2, 0.25) is 19.6 Å². The van der Waals surface area contributed by atoms with E-state index in [2.05, 4.69) is 123 Å². The smallest absolute Gasteiger partial charge is 0.120 e. The Labute approximate surface area is 287 Å². The molecule has 4 aromatic carbocycles. The van der Waals surface area contributed by atoms with Gasteiger partial charge in [0, 0.05) is 43.3 Å². The molecule has 0 saturated carbocycles. The number of aryl methyl sites for hydroxylation is 1. The summed E-state index contributed by atoms with van der Waals surface area (Å²) in [7, 11) is -1.23. The predicted molar refractivity (Wildman–Crippen MR) is 191 cm³/mol. The molecule has 5 heteroatoms. The summed E-state index contributed by atoms with van der Waals surface area (Å²) in [6.45, 7) is 13.6. The molecule has 0 bridgehead atoms. The van der Waals surface area contributed by atoms with E-state index in [1.165, 1.54) is 21.9 Å². The van der Waals surface area contributed by atoms with Gasteiger partial charge in [-0.1, -0.05) is 111 Å². The summed E-state index contributed by atoms with van der Waals surface area (Å²) in [5, 5.41) is 3.61. The van der Waals surface area contributed by atoms with Crippen LogP contribution in [-0.2, 0) is 25.5 Å². The summed E-state index contributed by atoms with van der Waals surface area (Å²) in [5.41, 5.74) is 9.21. The third-order valence-corrected chi connectivity index (χ3v) is 10.5. The van der Waals surface area contributed by atoms with Crippen molar-refractivity contribution in [1.82, 2.24) is 9.97 Å². The van der Waals surface area contributed by atoms with E-state index in [0.717, 1.165) is 44.5 Å². The van der Waals surface area contributed by atoms with Gasteiger partial charge in [-0.15, -0.1) is 54.1 Å². The van der Waals surface area contributed by atoms with Gasteiger partial charge in [-0.05, 0) is 46.8 Å². The normalized spacial score (nSPS) is 11.5. The second-order valence-electron chi connectivity index (χ2n) is 13.1. The van der Waals surface area contributed by atoms with Crippen LogP contribution in [0.25, 0.3) is 44.5 Å². The number of pyridine rings is 2. The molecule has 0 aliphatic carbocycles. The molecule has 0 N–H and O–H groups in total. The van der Waals surface area contributed by atoms with Crippen LogP contribution in [-0.4, -0.2) is 18.0 Å². The van der Waals surface area contributed by atoms with Crippen LogP contribution in [0.1, 0.15) is 30.5 Å². The van der Waals surface area contributed by atoms with Crippen molar-refractivity contribution in [2.75, 3.05) is 0 Å². The first-order valence-electron chi connectivity index (χ1n) is 15.4. The van der Waals surface area contributed by atoms with Crippen molar-refractivity contribution in [3.8, 4) is 22.5 Å². The first-order valence-corrected chi connectivity index (χ1v) is 18.9. The van der Waals surface area contributed by atoms with Crippen molar-refractivity contribution < 1.29 is 24.5 Å². The topological polar surface area (TPSA) is 38.9 Å². The number of hydrogen-bond donors (Lipinski definition) is 0. The molecule has 1 radical (unpaired) electrons. The summed E-state index contributed by atoms with van der Waals surface area (Å²) in [6, 6.07) is 44.0. The average Bonchev–Trinajstić information content (AvgIpc) is 3.44. The van der Waals surface area contributed by atoms with Crippen LogP contribution < -0.4 is 5.19 Å². The molecule has 0 unspecified atom stereocenters. The van der Waals surface area contributed by atoms with Gasteiger partial charge in [0.15, 0.2) is 0 Å². The zero-order valence-electron chi connectivity index (χ0n) is 27.2. The van der Waals surface area contributed by atoms with Gasteiger partial charge < -0.3 is 14.4 Å². The van der Waals surface area contributed by atoms with E-state index in [-0.39, 0.29) is 25.5 Å². The van der Waals surface area contributed by atoms with E-state index in [4.69, 9.17) is 4.42 Å². The zero-order valence-corrected chi connectivity index (χ0v) is 30.6. The van der Waals surface area contributed by atoms with Crippen LogP contribution >= 0.6 is 0 Å². The summed E-state index contributed by atoms with van der Waals surface area (Å²) < 4.78 is 6.19. The first-order chi connectivity index (χ1) is 21.6. The van der Waals surface area contributed by atoms with Gasteiger partial charge in [-0.25, -0.2) is 0 Å². The van der Waals surface area contributed by atoms with Crippen molar-refractivity contribution in [1.29, 1.82) is 0 Å². The molecule has 0 amide bonds. The van der Waals surface area contributed by atoms with E-state index in [9.17, 15) is 0 Å². The maximum absolute atomic E-state index is 6.19. The van der Waals surface area contributed by atoms with Crippen molar-refractivity contribution in [2.24, 2.45) is 0 Å². The number of fused-ring (bicyclic) bond motifs is 3. The van der Waals surface area contributed by atoms with Gasteiger partial charge in [0.1, 0.15) is 5.58 Å². The number of nitrogens with zero attached hydrogens (tertiary/aromatic N) is 2. The monoisotopic (exact) mass is 795 g/mol. The third kappa shape index (κ3) is 6.98. The van der Waals surface area contributed by atoms with Crippen molar-refractivity contribution in [3.63, 3.8) is 0 Å². The number of aromatic nitrogens is 2. The number of furan rings is 1. The van der Waals surface area contributed by atoms with E-state index in [1.54, 1.807) is 0 Å². The molecule has 46 heavy (non-hydrogen) atoms. The largest absolute Gasteiger partial charge is 0.501 e. The number of benzene rings is 4. The molecule has 0 aliphatic rings. The Morgan fingerprint density at radius 2 is 1.46 bits per heavy atom. The molecular formula is C41H38IrN2OSi-2. The van der Waals surface area contributed by atoms with Gasteiger partial charge in [0.2, 0.25) is 0 Å². The SMILES string of the molecule is C[Si](C)(C)c1ccc(-c2[c-]cccc2)nc1.Cc1ccc(C(C)(C)c2ccnc(-c3[c-]ccc4c3oc3ccccc34)c2)cc1.[Ir]. The van der Waals surface area contributed by atoms with Gasteiger partial charge in [-0.3, -0.25) is 0 Å². The predicted octanol–water partition coefficient (Wildman–Crippen LogP) is 10.2. The second-order valence-corrected chi connectivity index (χ2v) is 18.2. The van der Waals surface area contributed by atoms with Crippen LogP contribution in [0.15, 0.2) is 126 Å². The molecule has 0 atom stereocenters. The Morgan fingerprint density at radius 1 is 0.696 bits per heavy atom. The van der Waals surface area contributed by atoms with Crippen molar-refractivity contribution in [2.45, 2.75) is 45.8 Å². The Hall–Kier alpha value is -4.15. The van der Waals surface area contributed by atoms with Crippen molar-refractivity contribution >= 4 is 35.2 Å². The van der Waals surface area contributed by atoms with Crippen LogP contribution in [0.3, 0.4) is 0 Å². The van der Waals surface area contributed by atoms with Gasteiger partial charge >= 0.3 is 0 Å². The molecule has 3 heterocycles. The van der Waals surface area contributed by atoms with Crippen LogP contribution in [0, 0.1) is 19.1 Å². The summed E-state index contributed by atoms with van der Waals surface area (Å²) in [6.07, 6.45) is 3.90. The van der Waals surface area contributed by atoms with E-state index < -0.39 is 8.07 Å². The molecule has 0 aliphatic heterocycles. The Bertz CT molecular complexity index is 2060. The average molecular weight is 795 g/mol. The number of para-hydroxylation sites is 1. The van der Waals surface area contributed by atoms with E-state index in [1.807, 2.05) is 60.9 Å². The zero-order chi connectivity index (χ0) is 31.6. The molecule has 7 rings (SSSR count). The Morgan fingerprint density at radius 3 is 2.15 bits per heavy atom. The summed E-state index contributed by atoms with van der Waals surface area (Å²) in [4.78, 5) is 9.18.